The maximum atomic E-state index is 9.92. The molecule has 1 unspecified atom stereocenters. The quantitative estimate of drug-likeness (QED) is 0.801. The number of aliphatic hydroxyl groups excluding tert-OH is 1. The molecule has 0 aliphatic heterocycles. The highest BCUT2D eigenvalue weighted by Crippen LogP contribution is 2.20. The van der Waals surface area contributed by atoms with Gasteiger partial charge in [-0.05, 0) is 30.4 Å². The number of hydrogen-bond acceptors (Lipinski definition) is 2. The van der Waals surface area contributed by atoms with Crippen LogP contribution in [0.25, 0.3) is 0 Å². The fourth-order valence-corrected chi connectivity index (χ4v) is 1.75. The van der Waals surface area contributed by atoms with Crippen molar-refractivity contribution in [3.05, 3.63) is 29.8 Å². The first kappa shape index (κ1) is 13.0. The highest BCUT2D eigenvalue weighted by molar-refractivity contribution is 5.33. The summed E-state index contributed by atoms with van der Waals surface area (Å²) in [4.78, 5) is 0. The Labute approximate surface area is 98.3 Å². The second kappa shape index (κ2) is 6.54. The fraction of sp³-hybridized carbons (Fsp3) is 0.571. The monoisotopic (exact) mass is 222 g/mol. The van der Waals surface area contributed by atoms with E-state index in [1.807, 2.05) is 24.3 Å². The molecule has 0 aromatic heterocycles. The van der Waals surface area contributed by atoms with Gasteiger partial charge in [0.25, 0.3) is 0 Å². The number of benzene rings is 1. The highest BCUT2D eigenvalue weighted by Gasteiger charge is 2.09. The average Bonchev–Trinajstić information content (AvgIpc) is 2.27. The molecule has 0 fully saturated rings. The Balaban J connectivity index is 2.51. The largest absolute Gasteiger partial charge is 0.496 e. The molecule has 0 amide bonds. The Morgan fingerprint density at radius 2 is 1.88 bits per heavy atom. The number of ether oxygens (including phenoxy) is 1. The van der Waals surface area contributed by atoms with Crippen LogP contribution >= 0.6 is 0 Å². The van der Waals surface area contributed by atoms with Gasteiger partial charge in [-0.2, -0.15) is 0 Å². The number of para-hydroxylation sites is 1. The summed E-state index contributed by atoms with van der Waals surface area (Å²) in [5, 5.41) is 9.92. The number of rotatable bonds is 6. The predicted molar refractivity (Wildman–Crippen MR) is 66.8 cm³/mol. The van der Waals surface area contributed by atoms with Crippen LogP contribution in [0.5, 0.6) is 5.75 Å². The lowest BCUT2D eigenvalue weighted by Gasteiger charge is -2.14. The third-order valence-corrected chi connectivity index (χ3v) is 2.73. The van der Waals surface area contributed by atoms with Gasteiger partial charge in [0.1, 0.15) is 5.75 Å². The molecule has 1 atom stereocenters. The minimum absolute atomic E-state index is 0.265. The molecular formula is C14H22O2. The lowest BCUT2D eigenvalue weighted by Crippen LogP contribution is -2.12. The molecule has 0 aliphatic carbocycles. The number of aliphatic hydroxyl groups is 1. The van der Waals surface area contributed by atoms with Gasteiger partial charge < -0.3 is 9.84 Å². The molecule has 0 radical (unpaired) electrons. The first-order valence-electron chi connectivity index (χ1n) is 5.93. The predicted octanol–water partition coefficient (Wildman–Crippen LogP) is 3.03. The molecule has 1 N–H and O–H groups in total. The summed E-state index contributed by atoms with van der Waals surface area (Å²) in [6, 6.07) is 7.87. The van der Waals surface area contributed by atoms with E-state index < -0.39 is 0 Å². The van der Waals surface area contributed by atoms with Crippen LogP contribution in [0.4, 0.5) is 0 Å². The van der Waals surface area contributed by atoms with Crippen molar-refractivity contribution in [3.63, 3.8) is 0 Å². The van der Waals surface area contributed by atoms with E-state index in [0.29, 0.717) is 12.3 Å². The van der Waals surface area contributed by atoms with E-state index in [1.54, 1.807) is 7.11 Å². The van der Waals surface area contributed by atoms with E-state index in [0.717, 1.165) is 24.2 Å². The summed E-state index contributed by atoms with van der Waals surface area (Å²) in [7, 11) is 1.67. The smallest absolute Gasteiger partial charge is 0.122 e. The van der Waals surface area contributed by atoms with Crippen LogP contribution in [0.2, 0.25) is 0 Å². The molecule has 0 saturated heterocycles. The normalized spacial score (nSPS) is 12.8. The Morgan fingerprint density at radius 3 is 2.50 bits per heavy atom. The second-order valence-corrected chi connectivity index (χ2v) is 4.64. The molecular weight excluding hydrogens is 200 g/mol. The average molecular weight is 222 g/mol. The van der Waals surface area contributed by atoms with Crippen LogP contribution in [-0.4, -0.2) is 18.3 Å². The maximum absolute atomic E-state index is 9.92. The molecule has 0 heterocycles. The highest BCUT2D eigenvalue weighted by atomic mass is 16.5. The van der Waals surface area contributed by atoms with Gasteiger partial charge in [-0.1, -0.05) is 32.0 Å². The number of hydrogen-bond donors (Lipinski definition) is 1. The van der Waals surface area contributed by atoms with E-state index >= 15 is 0 Å². The van der Waals surface area contributed by atoms with Crippen molar-refractivity contribution in [1.29, 1.82) is 0 Å². The topological polar surface area (TPSA) is 29.5 Å². The third kappa shape index (κ3) is 4.23. The van der Waals surface area contributed by atoms with Gasteiger partial charge in [0.2, 0.25) is 0 Å². The van der Waals surface area contributed by atoms with Gasteiger partial charge in [-0.25, -0.2) is 0 Å². The molecule has 2 nitrogen and oxygen atoms in total. The summed E-state index contributed by atoms with van der Waals surface area (Å²) < 4.78 is 5.26. The number of methoxy groups -OCH3 is 1. The Morgan fingerprint density at radius 1 is 1.19 bits per heavy atom. The lowest BCUT2D eigenvalue weighted by atomic mass is 9.99. The molecule has 2 heteroatoms. The van der Waals surface area contributed by atoms with Crippen LogP contribution < -0.4 is 4.74 Å². The van der Waals surface area contributed by atoms with Crippen molar-refractivity contribution < 1.29 is 9.84 Å². The molecule has 1 rings (SSSR count). The first-order valence-corrected chi connectivity index (χ1v) is 5.93. The van der Waals surface area contributed by atoms with Gasteiger partial charge in [-0.15, -0.1) is 0 Å². The first-order chi connectivity index (χ1) is 7.63. The summed E-state index contributed by atoms with van der Waals surface area (Å²) in [6.45, 7) is 4.35. The van der Waals surface area contributed by atoms with Crippen molar-refractivity contribution in [2.24, 2.45) is 5.92 Å². The molecule has 90 valence electrons. The van der Waals surface area contributed by atoms with Crippen LogP contribution in [0, 0.1) is 5.92 Å². The molecule has 0 saturated carbocycles. The van der Waals surface area contributed by atoms with Gasteiger partial charge in [0, 0.05) is 6.42 Å². The minimum atomic E-state index is -0.265. The molecule has 0 bridgehead atoms. The molecule has 16 heavy (non-hydrogen) atoms. The SMILES string of the molecule is COc1ccccc1CC(O)CCC(C)C. The standard InChI is InChI=1S/C14H22O2/c1-11(2)8-9-13(15)10-12-6-4-5-7-14(12)16-3/h4-7,11,13,15H,8-10H2,1-3H3. The van der Waals surface area contributed by atoms with E-state index in [4.69, 9.17) is 4.74 Å². The summed E-state index contributed by atoms with van der Waals surface area (Å²) in [5.41, 5.74) is 1.08. The Bertz CT molecular complexity index is 307. The Kier molecular flexibility index (Phi) is 5.33. The van der Waals surface area contributed by atoms with E-state index in [2.05, 4.69) is 13.8 Å². The van der Waals surface area contributed by atoms with Crippen molar-refractivity contribution in [3.8, 4) is 5.75 Å². The third-order valence-electron chi connectivity index (χ3n) is 2.73. The Hall–Kier alpha value is -1.02. The van der Waals surface area contributed by atoms with Crippen LogP contribution in [0.1, 0.15) is 32.3 Å². The zero-order chi connectivity index (χ0) is 12.0. The van der Waals surface area contributed by atoms with Gasteiger partial charge >= 0.3 is 0 Å². The van der Waals surface area contributed by atoms with E-state index in [-0.39, 0.29) is 6.10 Å². The molecule has 0 aliphatic rings. The zero-order valence-electron chi connectivity index (χ0n) is 10.4. The van der Waals surface area contributed by atoms with Gasteiger partial charge in [-0.3, -0.25) is 0 Å². The van der Waals surface area contributed by atoms with Gasteiger partial charge in [0.05, 0.1) is 13.2 Å². The van der Waals surface area contributed by atoms with Crippen molar-refractivity contribution >= 4 is 0 Å². The minimum Gasteiger partial charge on any atom is -0.496 e. The summed E-state index contributed by atoms with van der Waals surface area (Å²) in [5.74, 6) is 1.51. The molecule has 1 aromatic rings. The fourth-order valence-electron chi connectivity index (χ4n) is 1.75. The van der Waals surface area contributed by atoms with Crippen LogP contribution in [0.3, 0.4) is 0 Å². The maximum Gasteiger partial charge on any atom is 0.122 e. The van der Waals surface area contributed by atoms with E-state index in [9.17, 15) is 5.11 Å². The van der Waals surface area contributed by atoms with Crippen LogP contribution in [0.15, 0.2) is 24.3 Å². The van der Waals surface area contributed by atoms with Crippen molar-refractivity contribution in [1.82, 2.24) is 0 Å². The van der Waals surface area contributed by atoms with E-state index in [1.165, 1.54) is 0 Å². The summed E-state index contributed by atoms with van der Waals surface area (Å²) in [6.07, 6.45) is 2.33. The second-order valence-electron chi connectivity index (χ2n) is 4.64. The zero-order valence-corrected chi connectivity index (χ0v) is 10.4. The van der Waals surface area contributed by atoms with Crippen molar-refractivity contribution in [2.75, 3.05) is 7.11 Å². The van der Waals surface area contributed by atoms with Crippen LogP contribution in [-0.2, 0) is 6.42 Å². The molecule has 0 spiro atoms. The van der Waals surface area contributed by atoms with Crippen molar-refractivity contribution in [2.45, 2.75) is 39.2 Å². The van der Waals surface area contributed by atoms with Gasteiger partial charge in [0.15, 0.2) is 0 Å². The summed E-state index contributed by atoms with van der Waals surface area (Å²) >= 11 is 0. The molecule has 1 aromatic carbocycles. The lowest BCUT2D eigenvalue weighted by molar-refractivity contribution is 0.156.